The van der Waals surface area contributed by atoms with Crippen molar-refractivity contribution in [1.29, 1.82) is 0 Å². The van der Waals surface area contributed by atoms with Gasteiger partial charge >= 0.3 is 6.09 Å². The van der Waals surface area contributed by atoms with Gasteiger partial charge in [-0.1, -0.05) is 18.2 Å². The molecule has 0 unspecified atom stereocenters. The van der Waals surface area contributed by atoms with Gasteiger partial charge in [0, 0.05) is 18.7 Å². The van der Waals surface area contributed by atoms with Crippen LogP contribution in [0.5, 0.6) is 5.75 Å². The maximum absolute atomic E-state index is 13.7. The second kappa shape index (κ2) is 8.55. The number of benzene rings is 2. The molecule has 1 amide bonds. The Labute approximate surface area is 154 Å². The first kappa shape index (κ1) is 18.7. The molecule has 0 aliphatic carbocycles. The van der Waals surface area contributed by atoms with Crippen molar-refractivity contribution in [3.8, 4) is 5.75 Å². The molecule has 0 saturated carbocycles. The van der Waals surface area contributed by atoms with Crippen LogP contribution in [0.3, 0.4) is 0 Å². The Kier molecular flexibility index (Phi) is 5.93. The maximum atomic E-state index is 13.7. The highest BCUT2D eigenvalue weighted by molar-refractivity contribution is 6.09. The van der Waals surface area contributed by atoms with E-state index >= 15 is 0 Å². The van der Waals surface area contributed by atoms with Crippen LogP contribution in [0.25, 0.3) is 6.08 Å². The summed E-state index contributed by atoms with van der Waals surface area (Å²) in [4.78, 5) is 26.1. The molecule has 0 bridgehead atoms. The van der Waals surface area contributed by atoms with Gasteiger partial charge < -0.3 is 14.4 Å². The molecule has 27 heavy (non-hydrogen) atoms. The largest absolute Gasteiger partial charge is 0.415 e. The molecule has 1 aliphatic heterocycles. The molecule has 1 fully saturated rings. The van der Waals surface area contributed by atoms with Crippen molar-refractivity contribution in [1.82, 2.24) is 4.90 Å². The standard InChI is InChI=1S/C20H17F2NO4/c21-15-6-8-19(27-20(25)23-9-11-26-12-10-23)16(13-15)18(24)7-5-14-3-1-2-4-17(14)22/h1-8,13H,9-12H2/b7-5+. The Balaban J connectivity index is 1.80. The first-order valence-corrected chi connectivity index (χ1v) is 8.35. The number of halogens is 2. The van der Waals surface area contributed by atoms with Gasteiger partial charge in [-0.3, -0.25) is 4.79 Å². The lowest BCUT2D eigenvalue weighted by Crippen LogP contribution is -2.42. The molecule has 2 aromatic carbocycles. The molecular weight excluding hydrogens is 356 g/mol. The monoisotopic (exact) mass is 373 g/mol. The Morgan fingerprint density at radius 3 is 2.56 bits per heavy atom. The third-order valence-electron chi connectivity index (χ3n) is 3.99. The first-order valence-electron chi connectivity index (χ1n) is 8.35. The minimum absolute atomic E-state index is 0.0592. The van der Waals surface area contributed by atoms with E-state index in [1.807, 2.05) is 0 Å². The van der Waals surface area contributed by atoms with Crippen molar-refractivity contribution >= 4 is 18.0 Å². The van der Waals surface area contributed by atoms with E-state index in [0.29, 0.717) is 26.3 Å². The number of hydrogen-bond donors (Lipinski definition) is 0. The van der Waals surface area contributed by atoms with Crippen LogP contribution in [-0.2, 0) is 4.74 Å². The van der Waals surface area contributed by atoms with E-state index in [2.05, 4.69) is 0 Å². The van der Waals surface area contributed by atoms with Gasteiger partial charge in [0.1, 0.15) is 17.4 Å². The zero-order valence-electron chi connectivity index (χ0n) is 14.4. The summed E-state index contributed by atoms with van der Waals surface area (Å²) in [6, 6.07) is 9.23. The van der Waals surface area contributed by atoms with E-state index < -0.39 is 23.5 Å². The molecular formula is C20H17F2NO4. The highest BCUT2D eigenvalue weighted by Gasteiger charge is 2.21. The van der Waals surface area contributed by atoms with Gasteiger partial charge in [0.05, 0.1) is 18.8 Å². The number of hydrogen-bond acceptors (Lipinski definition) is 4. The van der Waals surface area contributed by atoms with E-state index in [4.69, 9.17) is 9.47 Å². The van der Waals surface area contributed by atoms with Gasteiger partial charge in [0.25, 0.3) is 0 Å². The van der Waals surface area contributed by atoms with Crippen LogP contribution in [0.15, 0.2) is 48.5 Å². The molecule has 0 spiro atoms. The molecule has 1 heterocycles. The molecule has 0 aromatic heterocycles. The van der Waals surface area contributed by atoms with E-state index in [0.717, 1.165) is 18.2 Å². The van der Waals surface area contributed by atoms with Gasteiger partial charge in [-0.05, 0) is 36.4 Å². The highest BCUT2D eigenvalue weighted by Crippen LogP contribution is 2.22. The molecule has 140 valence electrons. The summed E-state index contributed by atoms with van der Waals surface area (Å²) in [5.74, 6) is -1.80. The van der Waals surface area contributed by atoms with Crippen LogP contribution >= 0.6 is 0 Å². The van der Waals surface area contributed by atoms with E-state index in [1.54, 1.807) is 6.07 Å². The molecule has 3 rings (SSSR count). The van der Waals surface area contributed by atoms with Crippen molar-refractivity contribution in [3.05, 3.63) is 71.3 Å². The van der Waals surface area contributed by atoms with Crippen LogP contribution in [-0.4, -0.2) is 43.1 Å². The predicted molar refractivity (Wildman–Crippen MR) is 94.6 cm³/mol. The number of morpholine rings is 1. The molecule has 1 aliphatic rings. The number of amides is 1. The van der Waals surface area contributed by atoms with Gasteiger partial charge in [-0.2, -0.15) is 0 Å². The number of nitrogens with zero attached hydrogens (tertiary/aromatic N) is 1. The van der Waals surface area contributed by atoms with Crippen molar-refractivity contribution in [2.45, 2.75) is 0 Å². The Morgan fingerprint density at radius 1 is 1.07 bits per heavy atom. The molecule has 1 saturated heterocycles. The SMILES string of the molecule is O=C(/C=C/c1ccccc1F)c1cc(F)ccc1OC(=O)N1CCOCC1. The number of carbonyl (C=O) groups excluding carboxylic acids is 2. The first-order chi connectivity index (χ1) is 13.0. The fourth-order valence-electron chi connectivity index (χ4n) is 2.55. The average Bonchev–Trinajstić information content (AvgIpc) is 2.69. The summed E-state index contributed by atoms with van der Waals surface area (Å²) in [6.07, 6.45) is 1.76. The minimum atomic E-state index is -0.649. The average molecular weight is 373 g/mol. The van der Waals surface area contributed by atoms with Crippen LogP contribution in [0.1, 0.15) is 15.9 Å². The lowest BCUT2D eigenvalue weighted by Gasteiger charge is -2.26. The second-order valence-electron chi connectivity index (χ2n) is 5.83. The normalized spacial score (nSPS) is 14.4. The highest BCUT2D eigenvalue weighted by atomic mass is 19.1. The van der Waals surface area contributed by atoms with E-state index in [-0.39, 0.29) is 16.9 Å². The summed E-state index contributed by atoms with van der Waals surface area (Å²) < 4.78 is 37.7. The third kappa shape index (κ3) is 4.77. The Hall–Kier alpha value is -3.06. The quantitative estimate of drug-likeness (QED) is 0.606. The van der Waals surface area contributed by atoms with E-state index in [9.17, 15) is 18.4 Å². The van der Waals surface area contributed by atoms with Crippen LogP contribution < -0.4 is 4.74 Å². The third-order valence-corrected chi connectivity index (χ3v) is 3.99. The van der Waals surface area contributed by atoms with E-state index in [1.165, 1.54) is 35.2 Å². The van der Waals surface area contributed by atoms with Gasteiger partial charge in [-0.25, -0.2) is 13.6 Å². The second-order valence-corrected chi connectivity index (χ2v) is 5.83. The molecule has 0 N–H and O–H groups in total. The summed E-state index contributed by atoms with van der Waals surface area (Å²) in [7, 11) is 0. The number of ketones is 1. The molecule has 0 radical (unpaired) electrons. The zero-order valence-corrected chi connectivity index (χ0v) is 14.4. The van der Waals surface area contributed by atoms with Crippen LogP contribution in [0.4, 0.5) is 13.6 Å². The predicted octanol–water partition coefficient (Wildman–Crippen LogP) is 3.69. The van der Waals surface area contributed by atoms with Crippen molar-refractivity contribution in [2.75, 3.05) is 26.3 Å². The van der Waals surface area contributed by atoms with Gasteiger partial charge in [-0.15, -0.1) is 0 Å². The summed E-state index contributed by atoms with van der Waals surface area (Å²) in [5.41, 5.74) is 0.0957. The van der Waals surface area contributed by atoms with Gasteiger partial charge in [0.15, 0.2) is 5.78 Å². The summed E-state index contributed by atoms with van der Waals surface area (Å²) >= 11 is 0. The summed E-state index contributed by atoms with van der Waals surface area (Å²) in [6.45, 7) is 1.54. The fourth-order valence-corrected chi connectivity index (χ4v) is 2.55. The van der Waals surface area contributed by atoms with Crippen LogP contribution in [0.2, 0.25) is 0 Å². The maximum Gasteiger partial charge on any atom is 0.415 e. The smallest absolute Gasteiger partial charge is 0.409 e. The Morgan fingerprint density at radius 2 is 1.81 bits per heavy atom. The number of allylic oxidation sites excluding steroid dienone is 1. The Bertz CT molecular complexity index is 876. The lowest BCUT2D eigenvalue weighted by molar-refractivity contribution is 0.0415. The number of carbonyl (C=O) groups is 2. The summed E-state index contributed by atoms with van der Waals surface area (Å²) in [5, 5.41) is 0. The minimum Gasteiger partial charge on any atom is -0.409 e. The topological polar surface area (TPSA) is 55.8 Å². The molecule has 7 heteroatoms. The van der Waals surface area contributed by atoms with Crippen LogP contribution in [0, 0.1) is 11.6 Å². The van der Waals surface area contributed by atoms with Gasteiger partial charge in [0.2, 0.25) is 0 Å². The van der Waals surface area contributed by atoms with Crippen molar-refractivity contribution < 1.29 is 27.8 Å². The molecule has 2 aromatic rings. The number of ether oxygens (including phenoxy) is 2. The fraction of sp³-hybridized carbons (Fsp3) is 0.200. The molecule has 0 atom stereocenters. The molecule has 5 nitrogen and oxygen atoms in total. The van der Waals surface area contributed by atoms with Crippen molar-refractivity contribution in [2.24, 2.45) is 0 Å². The number of rotatable bonds is 4. The zero-order chi connectivity index (χ0) is 19.2. The van der Waals surface area contributed by atoms with Crippen molar-refractivity contribution in [3.63, 3.8) is 0 Å². The lowest BCUT2D eigenvalue weighted by atomic mass is 10.1.